The third kappa shape index (κ3) is 3.00. The molecule has 1 aromatic carbocycles. The minimum absolute atomic E-state index is 0.103. The van der Waals surface area contributed by atoms with Crippen molar-refractivity contribution in [1.82, 2.24) is 4.90 Å². The second-order valence-electron chi connectivity index (χ2n) is 4.38. The first-order chi connectivity index (χ1) is 8.70. The molecule has 0 aromatic heterocycles. The van der Waals surface area contributed by atoms with Gasteiger partial charge in [-0.25, -0.2) is 4.79 Å². The maximum absolute atomic E-state index is 11.8. The van der Waals surface area contributed by atoms with E-state index in [0.29, 0.717) is 13.1 Å². The molecule has 0 aliphatic carbocycles. The Hall–Kier alpha value is -1.59. The summed E-state index contributed by atoms with van der Waals surface area (Å²) in [6.45, 7) is 1.25. The van der Waals surface area contributed by atoms with Crippen LogP contribution in [-0.2, 0) is 16.1 Å². The van der Waals surface area contributed by atoms with Crippen molar-refractivity contribution in [3.05, 3.63) is 35.9 Å². The maximum atomic E-state index is 11.8. The molecule has 2 unspecified atom stereocenters. The molecule has 5 nitrogen and oxygen atoms in total. The zero-order valence-corrected chi connectivity index (χ0v) is 10.4. The molecule has 1 saturated heterocycles. The fraction of sp³-hybridized carbons (Fsp3) is 0.462. The Balaban J connectivity index is 1.82. The highest BCUT2D eigenvalue weighted by atomic mass is 16.6. The van der Waals surface area contributed by atoms with Crippen LogP contribution in [0.15, 0.2) is 30.3 Å². The first kappa shape index (κ1) is 12.9. The molecule has 1 heterocycles. The van der Waals surface area contributed by atoms with Crippen molar-refractivity contribution in [2.24, 2.45) is 5.73 Å². The van der Waals surface area contributed by atoms with Gasteiger partial charge in [-0.1, -0.05) is 30.3 Å². The predicted molar refractivity (Wildman–Crippen MR) is 67.0 cm³/mol. The average molecular weight is 250 g/mol. The minimum atomic E-state index is -0.339. The molecule has 1 aliphatic heterocycles. The van der Waals surface area contributed by atoms with Crippen LogP contribution in [0.4, 0.5) is 4.79 Å². The van der Waals surface area contributed by atoms with Gasteiger partial charge in [-0.2, -0.15) is 0 Å². The molecule has 1 fully saturated rings. The van der Waals surface area contributed by atoms with Gasteiger partial charge < -0.3 is 20.1 Å². The third-order valence-corrected chi connectivity index (χ3v) is 3.08. The average Bonchev–Trinajstić information content (AvgIpc) is 2.78. The molecule has 1 aromatic rings. The monoisotopic (exact) mass is 250 g/mol. The molecule has 2 rings (SSSR count). The highest BCUT2D eigenvalue weighted by Gasteiger charge is 2.33. The van der Waals surface area contributed by atoms with E-state index >= 15 is 0 Å². The Morgan fingerprint density at radius 2 is 2.11 bits per heavy atom. The third-order valence-electron chi connectivity index (χ3n) is 3.08. The Morgan fingerprint density at radius 1 is 1.39 bits per heavy atom. The lowest BCUT2D eigenvalue weighted by Crippen LogP contribution is -2.34. The van der Waals surface area contributed by atoms with Crippen LogP contribution >= 0.6 is 0 Å². The first-order valence-electron chi connectivity index (χ1n) is 5.94. The summed E-state index contributed by atoms with van der Waals surface area (Å²) in [6.07, 6.45) is -0.442. The Bertz CT molecular complexity index is 396. The summed E-state index contributed by atoms with van der Waals surface area (Å²) in [5.41, 5.74) is 6.82. The molecule has 1 aliphatic rings. The van der Waals surface area contributed by atoms with Crippen molar-refractivity contribution in [2.45, 2.75) is 18.8 Å². The zero-order chi connectivity index (χ0) is 13.0. The van der Waals surface area contributed by atoms with E-state index in [9.17, 15) is 4.79 Å². The van der Waals surface area contributed by atoms with Gasteiger partial charge >= 0.3 is 6.09 Å². The zero-order valence-electron chi connectivity index (χ0n) is 10.4. The van der Waals surface area contributed by atoms with Gasteiger partial charge in [0.25, 0.3) is 0 Å². The second-order valence-corrected chi connectivity index (χ2v) is 4.38. The van der Waals surface area contributed by atoms with Gasteiger partial charge in [0.1, 0.15) is 6.61 Å². The lowest BCUT2D eigenvalue weighted by molar-refractivity contribution is 0.0820. The Morgan fingerprint density at radius 3 is 2.72 bits per heavy atom. The van der Waals surface area contributed by atoms with Crippen molar-refractivity contribution < 1.29 is 14.3 Å². The van der Waals surface area contributed by atoms with Gasteiger partial charge in [0, 0.05) is 13.7 Å². The highest BCUT2D eigenvalue weighted by Crippen LogP contribution is 2.13. The highest BCUT2D eigenvalue weighted by molar-refractivity contribution is 5.68. The molecule has 0 spiro atoms. The van der Waals surface area contributed by atoms with E-state index in [0.717, 1.165) is 5.56 Å². The molecule has 98 valence electrons. The number of nitrogens with zero attached hydrogens (tertiary/aromatic N) is 1. The SMILES string of the molecule is COC1CN(C(=O)OCc2ccccc2)CC1N. The molecule has 2 N–H and O–H groups in total. The Labute approximate surface area is 106 Å². The summed E-state index contributed by atoms with van der Waals surface area (Å²) in [7, 11) is 1.60. The van der Waals surface area contributed by atoms with Crippen LogP contribution in [0.25, 0.3) is 0 Å². The van der Waals surface area contributed by atoms with Crippen molar-refractivity contribution in [3.8, 4) is 0 Å². The van der Waals surface area contributed by atoms with Gasteiger partial charge in [0.2, 0.25) is 0 Å². The van der Waals surface area contributed by atoms with Crippen LogP contribution in [0.5, 0.6) is 0 Å². The van der Waals surface area contributed by atoms with Crippen molar-refractivity contribution >= 4 is 6.09 Å². The standard InChI is InChI=1S/C13H18N2O3/c1-17-12-8-15(7-11(12)14)13(16)18-9-10-5-3-2-4-6-10/h2-6,11-12H,7-9,14H2,1H3. The summed E-state index contributed by atoms with van der Waals surface area (Å²) in [5.74, 6) is 0. The molecule has 18 heavy (non-hydrogen) atoms. The number of ether oxygens (including phenoxy) is 2. The lowest BCUT2D eigenvalue weighted by Gasteiger charge is -2.15. The number of hydrogen-bond acceptors (Lipinski definition) is 4. The van der Waals surface area contributed by atoms with Crippen LogP contribution in [-0.4, -0.2) is 43.3 Å². The quantitative estimate of drug-likeness (QED) is 0.868. The molecule has 2 atom stereocenters. The molecular formula is C13H18N2O3. The van der Waals surface area contributed by atoms with Crippen LogP contribution < -0.4 is 5.73 Å². The van der Waals surface area contributed by atoms with Crippen molar-refractivity contribution in [2.75, 3.05) is 20.2 Å². The van der Waals surface area contributed by atoms with E-state index in [4.69, 9.17) is 15.2 Å². The number of carbonyl (C=O) groups is 1. The smallest absolute Gasteiger partial charge is 0.410 e. The van der Waals surface area contributed by atoms with Crippen LogP contribution in [0, 0.1) is 0 Å². The topological polar surface area (TPSA) is 64.8 Å². The fourth-order valence-electron chi connectivity index (χ4n) is 2.01. The molecular weight excluding hydrogens is 232 g/mol. The van der Waals surface area contributed by atoms with Crippen LogP contribution in [0.3, 0.4) is 0 Å². The number of rotatable bonds is 3. The predicted octanol–water partition coefficient (Wildman–Crippen LogP) is 0.981. The van der Waals surface area contributed by atoms with E-state index in [1.165, 1.54) is 0 Å². The summed E-state index contributed by atoms with van der Waals surface area (Å²) >= 11 is 0. The van der Waals surface area contributed by atoms with Gasteiger partial charge in [0.05, 0.1) is 18.7 Å². The van der Waals surface area contributed by atoms with E-state index in [2.05, 4.69) is 0 Å². The number of methoxy groups -OCH3 is 1. The largest absolute Gasteiger partial charge is 0.445 e. The van der Waals surface area contributed by atoms with Crippen molar-refractivity contribution in [1.29, 1.82) is 0 Å². The number of hydrogen-bond donors (Lipinski definition) is 1. The lowest BCUT2D eigenvalue weighted by atomic mass is 10.2. The van der Waals surface area contributed by atoms with E-state index < -0.39 is 0 Å². The maximum Gasteiger partial charge on any atom is 0.410 e. The number of benzene rings is 1. The molecule has 1 amide bonds. The summed E-state index contributed by atoms with van der Waals surface area (Å²) in [5, 5.41) is 0. The number of nitrogens with two attached hydrogens (primary N) is 1. The molecule has 0 saturated carbocycles. The normalized spacial score (nSPS) is 23.1. The van der Waals surface area contributed by atoms with Gasteiger partial charge in [-0.05, 0) is 5.56 Å². The molecule has 0 bridgehead atoms. The minimum Gasteiger partial charge on any atom is -0.445 e. The van der Waals surface area contributed by atoms with Crippen LogP contribution in [0.2, 0.25) is 0 Å². The molecule has 5 heteroatoms. The van der Waals surface area contributed by atoms with E-state index in [1.807, 2.05) is 30.3 Å². The number of likely N-dealkylation sites (tertiary alicyclic amines) is 1. The van der Waals surface area contributed by atoms with Gasteiger partial charge in [0.15, 0.2) is 0 Å². The molecule has 0 radical (unpaired) electrons. The summed E-state index contributed by atoms with van der Waals surface area (Å²) in [4.78, 5) is 13.4. The number of amides is 1. The second kappa shape index (κ2) is 5.84. The van der Waals surface area contributed by atoms with Gasteiger partial charge in [-0.3, -0.25) is 0 Å². The number of carbonyl (C=O) groups excluding carboxylic acids is 1. The Kier molecular flexibility index (Phi) is 4.17. The summed E-state index contributed by atoms with van der Waals surface area (Å²) in [6, 6.07) is 9.45. The fourth-order valence-corrected chi connectivity index (χ4v) is 2.01. The van der Waals surface area contributed by atoms with E-state index in [-0.39, 0.29) is 24.8 Å². The van der Waals surface area contributed by atoms with Gasteiger partial charge in [-0.15, -0.1) is 0 Å². The van der Waals surface area contributed by atoms with Crippen LogP contribution in [0.1, 0.15) is 5.56 Å². The van der Waals surface area contributed by atoms with Crippen molar-refractivity contribution in [3.63, 3.8) is 0 Å². The summed E-state index contributed by atoms with van der Waals surface area (Å²) < 4.78 is 10.4. The first-order valence-corrected chi connectivity index (χ1v) is 5.94. The van der Waals surface area contributed by atoms with E-state index in [1.54, 1.807) is 12.0 Å².